The predicted molar refractivity (Wildman–Crippen MR) is 91.0 cm³/mol. The molecule has 2 rings (SSSR count). The molecule has 0 aliphatic heterocycles. The molecule has 2 heterocycles. The molecule has 0 radical (unpaired) electrons. The maximum absolute atomic E-state index is 4.63. The minimum absolute atomic E-state index is 0.893. The molecule has 116 valence electrons. The molecule has 0 aromatic carbocycles. The van der Waals surface area contributed by atoms with E-state index in [1.807, 2.05) is 23.1 Å². The van der Waals surface area contributed by atoms with Crippen LogP contribution in [0, 0.1) is 6.92 Å². The third kappa shape index (κ3) is 3.86. The third-order valence-electron chi connectivity index (χ3n) is 3.65. The maximum atomic E-state index is 4.63. The number of nitrogens with one attached hydrogen (secondary N) is 1. The molecule has 0 unspecified atom stereocenters. The van der Waals surface area contributed by atoms with E-state index in [2.05, 4.69) is 53.6 Å². The standard InChI is InChI=1S/C16H26N4S/c1-5-9-17-11-15-13(3)18-19(4)16(15)20(6-2)12-14-8-7-10-21-14/h7-8,10,17H,5-6,9,11-12H2,1-4H3. The Bertz CT molecular complexity index is 545. The van der Waals surface area contributed by atoms with Crippen molar-refractivity contribution < 1.29 is 0 Å². The summed E-state index contributed by atoms with van der Waals surface area (Å²) in [6.07, 6.45) is 1.15. The molecule has 0 fully saturated rings. The summed E-state index contributed by atoms with van der Waals surface area (Å²) in [4.78, 5) is 3.80. The zero-order valence-corrected chi connectivity index (χ0v) is 14.3. The van der Waals surface area contributed by atoms with Crippen LogP contribution in [0.2, 0.25) is 0 Å². The maximum Gasteiger partial charge on any atom is 0.131 e. The number of hydrogen-bond acceptors (Lipinski definition) is 4. The van der Waals surface area contributed by atoms with Gasteiger partial charge in [-0.05, 0) is 38.3 Å². The van der Waals surface area contributed by atoms with Crippen LogP contribution in [0.5, 0.6) is 0 Å². The summed E-state index contributed by atoms with van der Waals surface area (Å²) in [5.41, 5.74) is 2.45. The summed E-state index contributed by atoms with van der Waals surface area (Å²) < 4.78 is 2.02. The lowest BCUT2D eigenvalue weighted by atomic mass is 10.2. The Morgan fingerprint density at radius 3 is 2.81 bits per heavy atom. The normalized spacial score (nSPS) is 11.0. The van der Waals surface area contributed by atoms with Crippen molar-refractivity contribution in [1.29, 1.82) is 0 Å². The fourth-order valence-electron chi connectivity index (χ4n) is 2.61. The summed E-state index contributed by atoms with van der Waals surface area (Å²) in [5.74, 6) is 1.24. The highest BCUT2D eigenvalue weighted by atomic mass is 32.1. The molecular formula is C16H26N4S. The first-order chi connectivity index (χ1) is 10.2. The molecular weight excluding hydrogens is 280 g/mol. The van der Waals surface area contributed by atoms with Crippen molar-refractivity contribution in [1.82, 2.24) is 15.1 Å². The van der Waals surface area contributed by atoms with Crippen LogP contribution in [0.4, 0.5) is 5.82 Å². The number of aryl methyl sites for hydroxylation is 2. The third-order valence-corrected chi connectivity index (χ3v) is 4.51. The summed E-state index contributed by atoms with van der Waals surface area (Å²) >= 11 is 1.81. The Labute approximate surface area is 131 Å². The van der Waals surface area contributed by atoms with Crippen molar-refractivity contribution in [2.24, 2.45) is 7.05 Å². The predicted octanol–water partition coefficient (Wildman–Crippen LogP) is 3.32. The zero-order valence-electron chi connectivity index (χ0n) is 13.5. The first-order valence-electron chi connectivity index (χ1n) is 7.67. The van der Waals surface area contributed by atoms with Crippen LogP contribution in [0.15, 0.2) is 17.5 Å². The van der Waals surface area contributed by atoms with Crippen LogP contribution in [-0.2, 0) is 20.1 Å². The number of nitrogens with zero attached hydrogens (tertiary/aromatic N) is 3. The molecule has 0 atom stereocenters. The molecule has 5 heteroatoms. The summed E-state index contributed by atoms with van der Waals surface area (Å²) in [7, 11) is 2.04. The summed E-state index contributed by atoms with van der Waals surface area (Å²) in [5, 5.41) is 10.3. The van der Waals surface area contributed by atoms with Crippen molar-refractivity contribution >= 4 is 17.2 Å². The fourth-order valence-corrected chi connectivity index (χ4v) is 3.33. The zero-order chi connectivity index (χ0) is 15.2. The quantitative estimate of drug-likeness (QED) is 0.760. The Morgan fingerprint density at radius 1 is 1.38 bits per heavy atom. The largest absolute Gasteiger partial charge is 0.352 e. The van der Waals surface area contributed by atoms with Gasteiger partial charge in [0.25, 0.3) is 0 Å². The Morgan fingerprint density at radius 2 is 2.19 bits per heavy atom. The molecule has 1 N–H and O–H groups in total. The van der Waals surface area contributed by atoms with E-state index in [-0.39, 0.29) is 0 Å². The molecule has 0 amide bonds. The van der Waals surface area contributed by atoms with Gasteiger partial charge in [-0.1, -0.05) is 13.0 Å². The van der Waals surface area contributed by atoms with Crippen LogP contribution in [0.3, 0.4) is 0 Å². The highest BCUT2D eigenvalue weighted by molar-refractivity contribution is 7.09. The second-order valence-corrected chi connectivity index (χ2v) is 6.31. The van der Waals surface area contributed by atoms with Crippen LogP contribution < -0.4 is 10.2 Å². The SMILES string of the molecule is CCCNCc1c(C)nn(C)c1N(CC)Cc1cccs1. The molecule has 2 aromatic heterocycles. The van der Waals surface area contributed by atoms with E-state index in [9.17, 15) is 0 Å². The number of hydrogen-bond donors (Lipinski definition) is 1. The molecule has 0 spiro atoms. The topological polar surface area (TPSA) is 33.1 Å². The highest BCUT2D eigenvalue weighted by Crippen LogP contribution is 2.25. The van der Waals surface area contributed by atoms with Gasteiger partial charge in [0.1, 0.15) is 5.82 Å². The van der Waals surface area contributed by atoms with Gasteiger partial charge in [-0.25, -0.2) is 0 Å². The Balaban J connectivity index is 2.22. The van der Waals surface area contributed by atoms with Gasteiger partial charge in [0.15, 0.2) is 0 Å². The van der Waals surface area contributed by atoms with E-state index in [0.717, 1.165) is 38.3 Å². The summed E-state index contributed by atoms with van der Waals surface area (Å²) in [6, 6.07) is 4.32. The van der Waals surface area contributed by atoms with E-state index < -0.39 is 0 Å². The van der Waals surface area contributed by atoms with Crippen molar-refractivity contribution in [3.63, 3.8) is 0 Å². The van der Waals surface area contributed by atoms with Gasteiger partial charge in [-0.15, -0.1) is 11.3 Å². The fraction of sp³-hybridized carbons (Fsp3) is 0.562. The number of rotatable bonds is 8. The van der Waals surface area contributed by atoms with Crippen LogP contribution >= 0.6 is 11.3 Å². The number of anilines is 1. The van der Waals surface area contributed by atoms with Gasteiger partial charge in [0.05, 0.1) is 12.2 Å². The van der Waals surface area contributed by atoms with E-state index in [1.54, 1.807) is 0 Å². The molecule has 0 aliphatic carbocycles. The molecule has 0 saturated heterocycles. The molecule has 4 nitrogen and oxygen atoms in total. The van der Waals surface area contributed by atoms with Gasteiger partial charge in [-0.2, -0.15) is 5.10 Å². The van der Waals surface area contributed by atoms with Crippen molar-refractivity contribution in [3.05, 3.63) is 33.6 Å². The highest BCUT2D eigenvalue weighted by Gasteiger charge is 2.18. The number of aromatic nitrogens is 2. The second-order valence-electron chi connectivity index (χ2n) is 5.28. The lowest BCUT2D eigenvalue weighted by Gasteiger charge is -2.24. The minimum atomic E-state index is 0.893. The monoisotopic (exact) mass is 306 g/mol. The van der Waals surface area contributed by atoms with E-state index in [0.29, 0.717) is 0 Å². The van der Waals surface area contributed by atoms with Gasteiger partial charge in [-0.3, -0.25) is 4.68 Å². The Hall–Kier alpha value is -1.33. The van der Waals surface area contributed by atoms with Gasteiger partial charge in [0.2, 0.25) is 0 Å². The number of thiophene rings is 1. The van der Waals surface area contributed by atoms with E-state index in [1.165, 1.54) is 16.3 Å². The second kappa shape index (κ2) is 7.61. The van der Waals surface area contributed by atoms with Crippen LogP contribution in [0.1, 0.15) is 36.4 Å². The first-order valence-corrected chi connectivity index (χ1v) is 8.55. The average Bonchev–Trinajstić information content (AvgIpc) is 3.06. The molecule has 0 saturated carbocycles. The minimum Gasteiger partial charge on any atom is -0.352 e. The van der Waals surface area contributed by atoms with Crippen molar-refractivity contribution in [2.75, 3.05) is 18.0 Å². The van der Waals surface area contributed by atoms with Gasteiger partial charge >= 0.3 is 0 Å². The molecule has 0 aliphatic rings. The Kier molecular flexibility index (Phi) is 5.82. The van der Waals surface area contributed by atoms with Gasteiger partial charge < -0.3 is 10.2 Å². The van der Waals surface area contributed by atoms with Crippen LogP contribution in [0.25, 0.3) is 0 Å². The lowest BCUT2D eigenvalue weighted by molar-refractivity contribution is 0.666. The van der Waals surface area contributed by atoms with E-state index >= 15 is 0 Å². The van der Waals surface area contributed by atoms with Crippen molar-refractivity contribution in [2.45, 2.75) is 40.3 Å². The molecule has 21 heavy (non-hydrogen) atoms. The average molecular weight is 306 g/mol. The van der Waals surface area contributed by atoms with E-state index in [4.69, 9.17) is 0 Å². The first kappa shape index (κ1) is 16.0. The van der Waals surface area contributed by atoms with Crippen molar-refractivity contribution in [3.8, 4) is 0 Å². The van der Waals surface area contributed by atoms with Crippen LogP contribution in [-0.4, -0.2) is 22.9 Å². The molecule has 2 aromatic rings. The lowest BCUT2D eigenvalue weighted by Crippen LogP contribution is -2.26. The molecule has 0 bridgehead atoms. The smallest absolute Gasteiger partial charge is 0.131 e. The van der Waals surface area contributed by atoms with Gasteiger partial charge in [0, 0.05) is 30.6 Å². The summed E-state index contributed by atoms with van der Waals surface area (Å²) in [6.45, 7) is 10.4.